The molecule has 98 valence electrons. The summed E-state index contributed by atoms with van der Waals surface area (Å²) in [5.41, 5.74) is 5.98. The molecule has 3 amide bonds. The highest BCUT2D eigenvalue weighted by Gasteiger charge is 2.07. The summed E-state index contributed by atoms with van der Waals surface area (Å²) in [7, 11) is 1.76. The van der Waals surface area contributed by atoms with E-state index in [0.29, 0.717) is 17.1 Å². The quantitative estimate of drug-likeness (QED) is 0.770. The van der Waals surface area contributed by atoms with Gasteiger partial charge in [-0.25, -0.2) is 4.79 Å². The molecular weight excluding hydrogens is 246 g/mol. The van der Waals surface area contributed by atoms with Gasteiger partial charge in [-0.2, -0.15) is 5.10 Å². The van der Waals surface area contributed by atoms with Crippen LogP contribution in [0.5, 0.6) is 0 Å². The average Bonchev–Trinajstić information content (AvgIpc) is 2.75. The molecule has 19 heavy (non-hydrogen) atoms. The summed E-state index contributed by atoms with van der Waals surface area (Å²) in [6, 6.07) is 7.41. The van der Waals surface area contributed by atoms with E-state index in [9.17, 15) is 9.59 Å². The Morgan fingerprint density at radius 2 is 1.84 bits per heavy atom. The third-order valence-corrected chi connectivity index (χ3v) is 2.37. The zero-order chi connectivity index (χ0) is 13.8. The van der Waals surface area contributed by atoms with Crippen LogP contribution in [-0.2, 0) is 7.05 Å². The highest BCUT2D eigenvalue weighted by atomic mass is 16.2. The zero-order valence-corrected chi connectivity index (χ0v) is 10.3. The van der Waals surface area contributed by atoms with Crippen molar-refractivity contribution in [2.45, 2.75) is 0 Å². The van der Waals surface area contributed by atoms with Crippen molar-refractivity contribution in [1.29, 1.82) is 0 Å². The van der Waals surface area contributed by atoms with Crippen LogP contribution in [0.3, 0.4) is 0 Å². The van der Waals surface area contributed by atoms with Gasteiger partial charge in [0.1, 0.15) is 0 Å². The molecule has 1 heterocycles. The number of carbonyl (C=O) groups excluding carboxylic acids is 2. The van der Waals surface area contributed by atoms with Crippen LogP contribution < -0.4 is 16.4 Å². The van der Waals surface area contributed by atoms with Gasteiger partial charge in [0.2, 0.25) is 0 Å². The molecule has 0 unspecified atom stereocenters. The fraction of sp³-hybridized carbons (Fsp3) is 0.0833. The van der Waals surface area contributed by atoms with Gasteiger partial charge in [-0.05, 0) is 24.3 Å². The molecular formula is C12H13N5O2. The summed E-state index contributed by atoms with van der Waals surface area (Å²) in [5, 5.41) is 9.12. The Morgan fingerprint density at radius 3 is 2.37 bits per heavy atom. The van der Waals surface area contributed by atoms with Gasteiger partial charge in [-0.1, -0.05) is 0 Å². The number of urea groups is 1. The molecule has 0 atom stereocenters. The van der Waals surface area contributed by atoms with Crippen LogP contribution in [-0.4, -0.2) is 21.7 Å². The fourth-order valence-electron chi connectivity index (χ4n) is 1.52. The molecule has 1 aromatic heterocycles. The van der Waals surface area contributed by atoms with Crippen LogP contribution in [0.25, 0.3) is 0 Å². The highest BCUT2D eigenvalue weighted by Crippen LogP contribution is 2.11. The number of benzene rings is 1. The smallest absolute Gasteiger partial charge is 0.316 e. The maximum atomic E-state index is 11.9. The van der Waals surface area contributed by atoms with Crippen molar-refractivity contribution in [3.05, 3.63) is 42.1 Å². The van der Waals surface area contributed by atoms with Gasteiger partial charge in [0.05, 0.1) is 0 Å². The molecule has 2 rings (SSSR count). The number of nitrogens with one attached hydrogen (secondary N) is 2. The van der Waals surface area contributed by atoms with E-state index >= 15 is 0 Å². The lowest BCUT2D eigenvalue weighted by Gasteiger charge is -2.04. The summed E-state index contributed by atoms with van der Waals surface area (Å²) in [4.78, 5) is 22.5. The lowest BCUT2D eigenvalue weighted by Crippen LogP contribution is -2.19. The van der Waals surface area contributed by atoms with Gasteiger partial charge in [0.25, 0.3) is 5.91 Å². The van der Waals surface area contributed by atoms with Crippen molar-refractivity contribution >= 4 is 23.4 Å². The SMILES string of the molecule is Cn1ccc(NC(=O)c2ccc(NC(N)=O)cc2)n1. The predicted octanol–water partition coefficient (Wildman–Crippen LogP) is 1.16. The number of nitrogens with two attached hydrogens (primary N) is 1. The van der Waals surface area contributed by atoms with Gasteiger partial charge < -0.3 is 16.4 Å². The zero-order valence-electron chi connectivity index (χ0n) is 10.3. The molecule has 0 radical (unpaired) electrons. The normalized spacial score (nSPS) is 9.95. The van der Waals surface area contributed by atoms with Gasteiger partial charge in [-0.15, -0.1) is 0 Å². The molecule has 0 fully saturated rings. The minimum atomic E-state index is -0.648. The molecule has 0 aliphatic carbocycles. The van der Waals surface area contributed by atoms with E-state index in [1.807, 2.05) is 0 Å². The van der Waals surface area contributed by atoms with Crippen molar-refractivity contribution in [3.8, 4) is 0 Å². The molecule has 0 spiro atoms. The number of primary amides is 1. The molecule has 0 bridgehead atoms. The van der Waals surface area contributed by atoms with Crippen LogP contribution in [0.2, 0.25) is 0 Å². The van der Waals surface area contributed by atoms with E-state index in [1.165, 1.54) is 0 Å². The van der Waals surface area contributed by atoms with E-state index in [1.54, 1.807) is 48.3 Å². The molecule has 7 nitrogen and oxygen atoms in total. The molecule has 1 aromatic carbocycles. The van der Waals surface area contributed by atoms with Crippen LogP contribution in [0.1, 0.15) is 10.4 Å². The Labute approximate surface area is 109 Å². The maximum absolute atomic E-state index is 11.9. The molecule has 4 N–H and O–H groups in total. The third-order valence-electron chi connectivity index (χ3n) is 2.37. The predicted molar refractivity (Wildman–Crippen MR) is 70.8 cm³/mol. The van der Waals surface area contributed by atoms with Crippen LogP contribution in [0.15, 0.2) is 36.5 Å². The van der Waals surface area contributed by atoms with Gasteiger partial charge >= 0.3 is 6.03 Å². The Kier molecular flexibility index (Phi) is 3.46. The van der Waals surface area contributed by atoms with E-state index in [-0.39, 0.29) is 5.91 Å². The van der Waals surface area contributed by atoms with Gasteiger partial charge in [0, 0.05) is 30.6 Å². The fourth-order valence-corrected chi connectivity index (χ4v) is 1.52. The van der Waals surface area contributed by atoms with Gasteiger partial charge in [0.15, 0.2) is 5.82 Å². The second-order valence-corrected chi connectivity index (χ2v) is 3.90. The number of amides is 3. The van der Waals surface area contributed by atoms with Crippen molar-refractivity contribution < 1.29 is 9.59 Å². The monoisotopic (exact) mass is 259 g/mol. The van der Waals surface area contributed by atoms with E-state index in [4.69, 9.17) is 5.73 Å². The van der Waals surface area contributed by atoms with E-state index in [0.717, 1.165) is 0 Å². The Hall–Kier alpha value is -2.83. The largest absolute Gasteiger partial charge is 0.351 e. The Bertz CT molecular complexity index is 603. The number of hydrogen-bond donors (Lipinski definition) is 3. The Balaban J connectivity index is 2.05. The second kappa shape index (κ2) is 5.21. The Morgan fingerprint density at radius 1 is 1.16 bits per heavy atom. The minimum absolute atomic E-state index is 0.274. The summed E-state index contributed by atoms with van der Waals surface area (Å²) in [6.45, 7) is 0. The summed E-state index contributed by atoms with van der Waals surface area (Å²) in [5.74, 6) is 0.205. The first kappa shape index (κ1) is 12.6. The van der Waals surface area contributed by atoms with Crippen LogP contribution in [0, 0.1) is 0 Å². The molecule has 0 aliphatic heterocycles. The van der Waals surface area contributed by atoms with Crippen molar-refractivity contribution in [1.82, 2.24) is 9.78 Å². The standard InChI is InChI=1S/C12H13N5O2/c1-17-7-6-10(16-17)15-11(18)8-2-4-9(5-3-8)14-12(13)19/h2-7H,1H3,(H3,13,14,19)(H,15,16,18). The minimum Gasteiger partial charge on any atom is -0.351 e. The maximum Gasteiger partial charge on any atom is 0.316 e. The molecule has 0 saturated carbocycles. The number of carbonyl (C=O) groups is 2. The second-order valence-electron chi connectivity index (χ2n) is 3.90. The van der Waals surface area contributed by atoms with Crippen LogP contribution >= 0.6 is 0 Å². The van der Waals surface area contributed by atoms with E-state index in [2.05, 4.69) is 15.7 Å². The molecule has 2 aromatic rings. The van der Waals surface area contributed by atoms with E-state index < -0.39 is 6.03 Å². The summed E-state index contributed by atoms with van der Waals surface area (Å²) in [6.07, 6.45) is 1.73. The first-order chi connectivity index (χ1) is 9.04. The van der Waals surface area contributed by atoms with Gasteiger partial charge in [-0.3, -0.25) is 9.48 Å². The topological polar surface area (TPSA) is 102 Å². The average molecular weight is 259 g/mol. The lowest BCUT2D eigenvalue weighted by molar-refractivity contribution is 0.102. The number of anilines is 2. The first-order valence-electron chi connectivity index (χ1n) is 5.52. The van der Waals surface area contributed by atoms with Crippen molar-refractivity contribution in [3.63, 3.8) is 0 Å². The number of hydrogen-bond acceptors (Lipinski definition) is 3. The first-order valence-corrected chi connectivity index (χ1v) is 5.52. The number of nitrogens with zero attached hydrogens (tertiary/aromatic N) is 2. The number of rotatable bonds is 3. The summed E-state index contributed by atoms with van der Waals surface area (Å²) >= 11 is 0. The molecule has 0 aliphatic rings. The highest BCUT2D eigenvalue weighted by molar-refractivity contribution is 6.04. The lowest BCUT2D eigenvalue weighted by atomic mass is 10.2. The number of aryl methyl sites for hydroxylation is 1. The van der Waals surface area contributed by atoms with Crippen LogP contribution in [0.4, 0.5) is 16.3 Å². The molecule has 0 saturated heterocycles. The third kappa shape index (κ3) is 3.32. The summed E-state index contributed by atoms with van der Waals surface area (Å²) < 4.78 is 1.59. The molecule has 7 heteroatoms. The number of aromatic nitrogens is 2. The van der Waals surface area contributed by atoms with Crippen molar-refractivity contribution in [2.24, 2.45) is 12.8 Å². The van der Waals surface area contributed by atoms with Crippen molar-refractivity contribution in [2.75, 3.05) is 10.6 Å².